The molecule has 2 aromatic carbocycles. The molecule has 0 atom stereocenters. The van der Waals surface area contributed by atoms with E-state index in [1.54, 1.807) is 0 Å². The van der Waals surface area contributed by atoms with Crippen molar-refractivity contribution in [3.05, 3.63) is 59.1 Å². The molecule has 0 amide bonds. The Hall–Kier alpha value is -2.63. The Labute approximate surface area is 156 Å². The number of para-hydroxylation sites is 1. The molecular weight excluding hydrogens is 350 g/mol. The molecule has 26 heavy (non-hydrogen) atoms. The average Bonchev–Trinajstić information content (AvgIpc) is 2.86. The largest absolute Gasteiger partial charge is 0.493 e. The molecule has 1 aliphatic rings. The number of aliphatic hydroxyl groups is 1. The highest BCUT2D eigenvalue weighted by Crippen LogP contribution is 2.37. The quantitative estimate of drug-likeness (QED) is 0.734. The molecular formula is C20H18ClN3O2. The van der Waals surface area contributed by atoms with Gasteiger partial charge in [0.1, 0.15) is 11.6 Å². The summed E-state index contributed by atoms with van der Waals surface area (Å²) in [5.41, 5.74) is 3.69. The van der Waals surface area contributed by atoms with Gasteiger partial charge in [-0.2, -0.15) is 0 Å². The van der Waals surface area contributed by atoms with Crippen LogP contribution in [0.2, 0.25) is 5.02 Å². The molecule has 0 radical (unpaired) electrons. The molecule has 1 aromatic heterocycles. The van der Waals surface area contributed by atoms with E-state index in [2.05, 4.69) is 5.32 Å². The third-order valence-electron chi connectivity index (χ3n) is 4.27. The lowest BCUT2D eigenvalue weighted by Gasteiger charge is -2.15. The molecule has 6 heteroatoms. The van der Waals surface area contributed by atoms with Gasteiger partial charge in [-0.3, -0.25) is 0 Å². The summed E-state index contributed by atoms with van der Waals surface area (Å²) in [6.45, 7) is 1.01. The van der Waals surface area contributed by atoms with Gasteiger partial charge in [0.2, 0.25) is 0 Å². The van der Waals surface area contributed by atoms with Crippen LogP contribution in [-0.2, 0) is 6.42 Å². The first-order valence-corrected chi connectivity index (χ1v) is 8.88. The van der Waals surface area contributed by atoms with Gasteiger partial charge in [0.05, 0.1) is 18.9 Å². The third kappa shape index (κ3) is 3.23. The van der Waals surface area contributed by atoms with Gasteiger partial charge < -0.3 is 15.2 Å². The second-order valence-electron chi connectivity index (χ2n) is 5.97. The second-order valence-corrected chi connectivity index (χ2v) is 6.41. The Morgan fingerprint density at radius 2 is 1.88 bits per heavy atom. The van der Waals surface area contributed by atoms with E-state index in [9.17, 15) is 5.11 Å². The van der Waals surface area contributed by atoms with Crippen LogP contribution in [0.5, 0.6) is 5.75 Å². The van der Waals surface area contributed by atoms with Crippen molar-refractivity contribution in [2.75, 3.05) is 25.1 Å². The molecule has 132 valence electrons. The lowest BCUT2D eigenvalue weighted by Crippen LogP contribution is -2.12. The Bertz CT molecular complexity index is 929. The van der Waals surface area contributed by atoms with E-state index in [0.29, 0.717) is 30.4 Å². The summed E-state index contributed by atoms with van der Waals surface area (Å²) >= 11 is 6.01. The van der Waals surface area contributed by atoms with E-state index in [1.807, 2.05) is 48.5 Å². The average molecular weight is 368 g/mol. The number of nitrogens with one attached hydrogen (secondary N) is 1. The molecule has 0 unspecified atom stereocenters. The first-order valence-electron chi connectivity index (χ1n) is 8.50. The maximum absolute atomic E-state index is 9.22. The fraction of sp³-hybridized carbons (Fsp3) is 0.200. The van der Waals surface area contributed by atoms with Crippen molar-refractivity contribution in [2.45, 2.75) is 6.42 Å². The van der Waals surface area contributed by atoms with Crippen molar-refractivity contribution >= 4 is 17.4 Å². The van der Waals surface area contributed by atoms with E-state index in [1.165, 1.54) is 0 Å². The smallest absolute Gasteiger partial charge is 0.162 e. The summed E-state index contributed by atoms with van der Waals surface area (Å²) in [5.74, 6) is 2.16. The highest BCUT2D eigenvalue weighted by Gasteiger charge is 2.22. The zero-order chi connectivity index (χ0) is 17.9. The van der Waals surface area contributed by atoms with E-state index in [0.717, 1.165) is 34.0 Å². The van der Waals surface area contributed by atoms with Gasteiger partial charge in [-0.15, -0.1) is 0 Å². The predicted octanol–water partition coefficient (Wildman–Crippen LogP) is 3.80. The molecule has 2 N–H and O–H groups in total. The van der Waals surface area contributed by atoms with Crippen LogP contribution in [0.25, 0.3) is 22.6 Å². The zero-order valence-electron chi connectivity index (χ0n) is 14.1. The SMILES string of the molecule is OCCNc1nc(-c2ccc(Cl)cc2)nc2c1CCOc1ccccc1-2. The van der Waals surface area contributed by atoms with E-state index in [-0.39, 0.29) is 6.61 Å². The highest BCUT2D eigenvalue weighted by molar-refractivity contribution is 6.30. The fourth-order valence-corrected chi connectivity index (χ4v) is 3.17. The van der Waals surface area contributed by atoms with Crippen LogP contribution in [-0.4, -0.2) is 34.8 Å². The second kappa shape index (κ2) is 7.32. The fourth-order valence-electron chi connectivity index (χ4n) is 3.04. The molecule has 4 rings (SSSR count). The van der Waals surface area contributed by atoms with Crippen LogP contribution in [0, 0.1) is 0 Å². The number of benzene rings is 2. The molecule has 0 spiro atoms. The summed E-state index contributed by atoms with van der Waals surface area (Å²) < 4.78 is 5.89. The van der Waals surface area contributed by atoms with Gasteiger partial charge >= 0.3 is 0 Å². The normalized spacial score (nSPS) is 12.5. The number of ether oxygens (including phenoxy) is 1. The monoisotopic (exact) mass is 367 g/mol. The number of aromatic nitrogens is 2. The van der Waals surface area contributed by atoms with Crippen LogP contribution in [0.3, 0.4) is 0 Å². The van der Waals surface area contributed by atoms with Crippen molar-refractivity contribution in [1.29, 1.82) is 0 Å². The summed E-state index contributed by atoms with van der Waals surface area (Å²) in [6, 6.07) is 15.3. The molecule has 3 aromatic rings. The first-order chi connectivity index (χ1) is 12.8. The van der Waals surface area contributed by atoms with Gasteiger partial charge in [0.15, 0.2) is 5.82 Å². The molecule has 0 fully saturated rings. The molecule has 0 aliphatic carbocycles. The topological polar surface area (TPSA) is 67.3 Å². The number of anilines is 1. The number of aliphatic hydroxyl groups excluding tert-OH is 1. The molecule has 5 nitrogen and oxygen atoms in total. The first kappa shape index (κ1) is 16.8. The van der Waals surface area contributed by atoms with Crippen LogP contribution in [0.15, 0.2) is 48.5 Å². The lowest BCUT2D eigenvalue weighted by atomic mass is 10.0. The Balaban J connectivity index is 1.91. The number of hydrogen-bond donors (Lipinski definition) is 2. The Kier molecular flexibility index (Phi) is 4.73. The third-order valence-corrected chi connectivity index (χ3v) is 4.52. The van der Waals surface area contributed by atoms with Crippen molar-refractivity contribution in [3.63, 3.8) is 0 Å². The van der Waals surface area contributed by atoms with Gasteiger partial charge in [0.25, 0.3) is 0 Å². The Morgan fingerprint density at radius 3 is 2.69 bits per heavy atom. The van der Waals surface area contributed by atoms with Crippen molar-refractivity contribution < 1.29 is 9.84 Å². The maximum Gasteiger partial charge on any atom is 0.162 e. The lowest BCUT2D eigenvalue weighted by molar-refractivity contribution is 0.310. The van der Waals surface area contributed by atoms with Gasteiger partial charge in [-0.25, -0.2) is 9.97 Å². The number of fused-ring (bicyclic) bond motifs is 3. The molecule has 0 saturated carbocycles. The van der Waals surface area contributed by atoms with Crippen LogP contribution in [0.1, 0.15) is 5.56 Å². The molecule has 0 bridgehead atoms. The van der Waals surface area contributed by atoms with Crippen LogP contribution >= 0.6 is 11.6 Å². The van der Waals surface area contributed by atoms with Gasteiger partial charge in [0, 0.05) is 34.7 Å². The van der Waals surface area contributed by atoms with Crippen molar-refractivity contribution in [1.82, 2.24) is 9.97 Å². The van der Waals surface area contributed by atoms with E-state index in [4.69, 9.17) is 26.3 Å². The predicted molar refractivity (Wildman–Crippen MR) is 103 cm³/mol. The summed E-state index contributed by atoms with van der Waals surface area (Å²) in [7, 11) is 0. The summed E-state index contributed by atoms with van der Waals surface area (Å²) in [4.78, 5) is 9.55. The summed E-state index contributed by atoms with van der Waals surface area (Å²) in [6.07, 6.45) is 0.693. The minimum Gasteiger partial charge on any atom is -0.493 e. The minimum absolute atomic E-state index is 0.0299. The van der Waals surface area contributed by atoms with Gasteiger partial charge in [-0.05, 0) is 36.4 Å². The highest BCUT2D eigenvalue weighted by atomic mass is 35.5. The number of halogens is 1. The summed E-state index contributed by atoms with van der Waals surface area (Å²) in [5, 5.41) is 13.1. The molecule has 0 saturated heterocycles. The standard InChI is InChI=1S/C20H18ClN3O2/c21-14-7-5-13(6-8-14)19-23-18-15-3-1-2-4-17(15)26-12-9-16(18)20(24-19)22-10-11-25/h1-8,25H,9-12H2,(H,22,23,24). The van der Waals surface area contributed by atoms with E-state index >= 15 is 0 Å². The molecule has 2 heterocycles. The maximum atomic E-state index is 9.22. The number of nitrogens with zero attached hydrogens (tertiary/aromatic N) is 2. The van der Waals surface area contributed by atoms with Crippen molar-refractivity contribution in [2.24, 2.45) is 0 Å². The van der Waals surface area contributed by atoms with Crippen LogP contribution in [0.4, 0.5) is 5.82 Å². The molecule has 1 aliphatic heterocycles. The van der Waals surface area contributed by atoms with E-state index < -0.39 is 0 Å². The van der Waals surface area contributed by atoms with Crippen molar-refractivity contribution in [3.8, 4) is 28.4 Å². The number of hydrogen-bond acceptors (Lipinski definition) is 5. The zero-order valence-corrected chi connectivity index (χ0v) is 14.8. The number of rotatable bonds is 4. The Morgan fingerprint density at radius 1 is 1.08 bits per heavy atom. The van der Waals surface area contributed by atoms with Crippen LogP contribution < -0.4 is 10.1 Å². The van der Waals surface area contributed by atoms with Gasteiger partial charge in [-0.1, -0.05) is 23.7 Å². The minimum atomic E-state index is 0.0299.